The van der Waals surface area contributed by atoms with E-state index in [1.807, 2.05) is 0 Å². The Labute approximate surface area is 111 Å². The molecule has 6 heteroatoms. The number of nitrogens with one attached hydrogen (secondary N) is 1. The molecular formula is C13H17NO5. The molecule has 0 fully saturated rings. The van der Waals surface area contributed by atoms with Gasteiger partial charge in [-0.05, 0) is 12.1 Å². The van der Waals surface area contributed by atoms with Crippen LogP contribution in [0.4, 0.5) is 5.69 Å². The van der Waals surface area contributed by atoms with E-state index in [9.17, 15) is 9.59 Å². The van der Waals surface area contributed by atoms with Gasteiger partial charge in [0.25, 0.3) is 0 Å². The third kappa shape index (κ3) is 4.50. The standard InChI is InChI=1S/C13H17NO5/c1-17-9-4-5-10(11(8-9)18-2)14-12(15)6-7-13(16)19-3/h4-5,8H,6-7H2,1-3H3,(H,14,15). The number of amides is 1. The first-order chi connectivity index (χ1) is 9.10. The number of carbonyl (C=O) groups is 2. The molecule has 1 amide bonds. The molecule has 0 aromatic heterocycles. The fourth-order valence-electron chi connectivity index (χ4n) is 1.43. The number of esters is 1. The first-order valence-corrected chi connectivity index (χ1v) is 5.69. The van der Waals surface area contributed by atoms with Crippen LogP contribution in [-0.4, -0.2) is 33.2 Å². The van der Waals surface area contributed by atoms with Gasteiger partial charge in [0.2, 0.25) is 5.91 Å². The molecule has 0 saturated heterocycles. The summed E-state index contributed by atoms with van der Waals surface area (Å²) >= 11 is 0. The third-order valence-electron chi connectivity index (χ3n) is 2.47. The van der Waals surface area contributed by atoms with E-state index >= 15 is 0 Å². The monoisotopic (exact) mass is 267 g/mol. The summed E-state index contributed by atoms with van der Waals surface area (Å²) in [5.41, 5.74) is 0.526. The molecule has 0 aliphatic rings. The molecule has 0 aliphatic heterocycles. The van der Waals surface area contributed by atoms with Gasteiger partial charge in [0.1, 0.15) is 11.5 Å². The topological polar surface area (TPSA) is 73.9 Å². The van der Waals surface area contributed by atoms with Gasteiger partial charge in [-0.15, -0.1) is 0 Å². The summed E-state index contributed by atoms with van der Waals surface area (Å²) in [7, 11) is 4.33. The predicted octanol–water partition coefficient (Wildman–Crippen LogP) is 1.60. The molecule has 1 N–H and O–H groups in total. The fraction of sp³-hybridized carbons (Fsp3) is 0.385. The molecular weight excluding hydrogens is 250 g/mol. The van der Waals surface area contributed by atoms with Gasteiger partial charge in [0.05, 0.1) is 33.4 Å². The molecule has 0 saturated carbocycles. The van der Waals surface area contributed by atoms with E-state index < -0.39 is 5.97 Å². The predicted molar refractivity (Wildman–Crippen MR) is 69.4 cm³/mol. The molecule has 0 aliphatic carbocycles. The van der Waals surface area contributed by atoms with E-state index in [1.54, 1.807) is 25.3 Å². The number of ether oxygens (including phenoxy) is 3. The highest BCUT2D eigenvalue weighted by Gasteiger charge is 2.10. The second-order valence-electron chi connectivity index (χ2n) is 3.69. The van der Waals surface area contributed by atoms with Gasteiger partial charge in [0, 0.05) is 12.5 Å². The number of anilines is 1. The molecule has 19 heavy (non-hydrogen) atoms. The molecule has 1 aromatic rings. The first kappa shape index (κ1) is 14.8. The van der Waals surface area contributed by atoms with Gasteiger partial charge in [-0.3, -0.25) is 9.59 Å². The fourth-order valence-corrected chi connectivity index (χ4v) is 1.43. The SMILES string of the molecule is COC(=O)CCC(=O)Nc1ccc(OC)cc1OC. The average Bonchev–Trinajstić information content (AvgIpc) is 2.45. The van der Waals surface area contributed by atoms with Gasteiger partial charge >= 0.3 is 5.97 Å². The lowest BCUT2D eigenvalue weighted by atomic mass is 10.2. The van der Waals surface area contributed by atoms with Crippen LogP contribution >= 0.6 is 0 Å². The Bertz CT molecular complexity index is 458. The van der Waals surface area contributed by atoms with Crippen molar-refractivity contribution in [2.75, 3.05) is 26.6 Å². The summed E-state index contributed by atoms with van der Waals surface area (Å²) in [6.45, 7) is 0. The highest BCUT2D eigenvalue weighted by atomic mass is 16.5. The Morgan fingerprint density at radius 2 is 1.84 bits per heavy atom. The van der Waals surface area contributed by atoms with Crippen LogP contribution in [-0.2, 0) is 14.3 Å². The van der Waals surface area contributed by atoms with Crippen LogP contribution < -0.4 is 14.8 Å². The zero-order valence-corrected chi connectivity index (χ0v) is 11.2. The molecule has 6 nitrogen and oxygen atoms in total. The molecule has 0 radical (unpaired) electrons. The van der Waals surface area contributed by atoms with Crippen LogP contribution in [0.1, 0.15) is 12.8 Å². The Balaban J connectivity index is 2.65. The lowest BCUT2D eigenvalue weighted by Crippen LogP contribution is -2.14. The quantitative estimate of drug-likeness (QED) is 0.792. The summed E-state index contributed by atoms with van der Waals surface area (Å²) < 4.78 is 14.7. The van der Waals surface area contributed by atoms with Gasteiger partial charge < -0.3 is 19.5 Å². The normalized spacial score (nSPS) is 9.63. The van der Waals surface area contributed by atoms with Crippen molar-refractivity contribution in [3.8, 4) is 11.5 Å². The maximum atomic E-state index is 11.6. The van der Waals surface area contributed by atoms with Crippen LogP contribution in [0.2, 0.25) is 0 Å². The Hall–Kier alpha value is -2.24. The zero-order valence-electron chi connectivity index (χ0n) is 11.2. The molecule has 0 bridgehead atoms. The second kappa shape index (κ2) is 7.25. The second-order valence-corrected chi connectivity index (χ2v) is 3.69. The Morgan fingerprint density at radius 1 is 1.11 bits per heavy atom. The van der Waals surface area contributed by atoms with Crippen molar-refractivity contribution in [1.82, 2.24) is 0 Å². The lowest BCUT2D eigenvalue weighted by Gasteiger charge is -2.11. The van der Waals surface area contributed by atoms with Crippen LogP contribution in [0, 0.1) is 0 Å². The summed E-state index contributed by atoms with van der Waals surface area (Å²) in [6, 6.07) is 5.04. The molecule has 104 valence electrons. The van der Waals surface area contributed by atoms with Crippen molar-refractivity contribution in [2.45, 2.75) is 12.8 Å². The Morgan fingerprint density at radius 3 is 2.42 bits per heavy atom. The van der Waals surface area contributed by atoms with E-state index in [0.29, 0.717) is 17.2 Å². The zero-order chi connectivity index (χ0) is 14.3. The molecule has 1 rings (SSSR count). The largest absolute Gasteiger partial charge is 0.497 e. The number of hydrogen-bond acceptors (Lipinski definition) is 5. The summed E-state index contributed by atoms with van der Waals surface area (Å²) in [6.07, 6.45) is 0.0999. The minimum Gasteiger partial charge on any atom is -0.497 e. The number of rotatable bonds is 6. The van der Waals surface area contributed by atoms with Crippen LogP contribution in [0.15, 0.2) is 18.2 Å². The van der Waals surface area contributed by atoms with Crippen LogP contribution in [0.3, 0.4) is 0 Å². The maximum absolute atomic E-state index is 11.6. The summed E-state index contributed by atoms with van der Waals surface area (Å²) in [5, 5.41) is 2.66. The highest BCUT2D eigenvalue weighted by molar-refractivity contribution is 5.94. The lowest BCUT2D eigenvalue weighted by molar-refractivity contribution is -0.141. The molecule has 0 atom stereocenters. The van der Waals surface area contributed by atoms with E-state index in [1.165, 1.54) is 14.2 Å². The molecule has 0 spiro atoms. The number of benzene rings is 1. The first-order valence-electron chi connectivity index (χ1n) is 5.69. The Kier molecular flexibility index (Phi) is 5.66. The molecule has 0 unspecified atom stereocenters. The minimum atomic E-state index is -0.420. The summed E-state index contributed by atoms with van der Waals surface area (Å²) in [4.78, 5) is 22.6. The molecule has 1 aromatic carbocycles. The van der Waals surface area contributed by atoms with Crippen molar-refractivity contribution in [2.24, 2.45) is 0 Å². The van der Waals surface area contributed by atoms with Crippen molar-refractivity contribution in [1.29, 1.82) is 0 Å². The van der Waals surface area contributed by atoms with Crippen LogP contribution in [0.25, 0.3) is 0 Å². The third-order valence-corrected chi connectivity index (χ3v) is 2.47. The van der Waals surface area contributed by atoms with E-state index in [-0.39, 0.29) is 18.7 Å². The van der Waals surface area contributed by atoms with E-state index in [0.717, 1.165) is 0 Å². The van der Waals surface area contributed by atoms with Gasteiger partial charge in [0.15, 0.2) is 0 Å². The van der Waals surface area contributed by atoms with E-state index in [4.69, 9.17) is 9.47 Å². The minimum absolute atomic E-state index is 0.0425. The number of hydrogen-bond donors (Lipinski definition) is 1. The number of carbonyl (C=O) groups excluding carboxylic acids is 2. The van der Waals surface area contributed by atoms with Gasteiger partial charge in [-0.2, -0.15) is 0 Å². The maximum Gasteiger partial charge on any atom is 0.306 e. The van der Waals surface area contributed by atoms with Crippen molar-refractivity contribution < 1.29 is 23.8 Å². The van der Waals surface area contributed by atoms with Crippen LogP contribution in [0.5, 0.6) is 11.5 Å². The highest BCUT2D eigenvalue weighted by Crippen LogP contribution is 2.29. The van der Waals surface area contributed by atoms with Gasteiger partial charge in [-0.1, -0.05) is 0 Å². The van der Waals surface area contributed by atoms with Crippen molar-refractivity contribution in [3.63, 3.8) is 0 Å². The van der Waals surface area contributed by atoms with E-state index in [2.05, 4.69) is 10.1 Å². The average molecular weight is 267 g/mol. The van der Waals surface area contributed by atoms with Crippen molar-refractivity contribution in [3.05, 3.63) is 18.2 Å². The smallest absolute Gasteiger partial charge is 0.306 e. The molecule has 0 heterocycles. The van der Waals surface area contributed by atoms with Gasteiger partial charge in [-0.25, -0.2) is 0 Å². The van der Waals surface area contributed by atoms with Crippen molar-refractivity contribution >= 4 is 17.6 Å². The number of methoxy groups -OCH3 is 3. The summed E-state index contributed by atoms with van der Waals surface area (Å²) in [5.74, 6) is 0.417.